The number of hydrogen-bond acceptors (Lipinski definition) is 3. The molecule has 0 radical (unpaired) electrons. The van der Waals surface area contributed by atoms with E-state index in [1.54, 1.807) is 43.3 Å². The van der Waals surface area contributed by atoms with Crippen LogP contribution in [0.25, 0.3) is 0 Å². The smallest absolute Gasteiger partial charge is 0.323 e. The summed E-state index contributed by atoms with van der Waals surface area (Å²) < 4.78 is 13.9. The summed E-state index contributed by atoms with van der Waals surface area (Å²) >= 11 is 5.72. The summed E-state index contributed by atoms with van der Waals surface area (Å²) in [4.78, 5) is 24.5. The minimum Gasteiger partial charge on any atom is -0.374 e. The number of halogens is 2. The van der Waals surface area contributed by atoms with Crippen LogP contribution in [0.3, 0.4) is 0 Å². The third-order valence-electron chi connectivity index (χ3n) is 4.12. The first-order chi connectivity index (χ1) is 14.4. The van der Waals surface area contributed by atoms with Crippen LogP contribution in [-0.2, 0) is 4.79 Å². The number of hydrogen-bond donors (Lipinski definition) is 4. The van der Waals surface area contributed by atoms with Crippen LogP contribution in [0.4, 0.5) is 31.9 Å². The molecule has 0 bridgehead atoms. The second-order valence-corrected chi connectivity index (χ2v) is 6.94. The molecule has 0 aliphatic rings. The fraction of sp³-hybridized carbons (Fsp3) is 0.0909. The van der Waals surface area contributed by atoms with Gasteiger partial charge in [-0.3, -0.25) is 4.79 Å². The second-order valence-electron chi connectivity index (χ2n) is 6.51. The molecule has 0 saturated carbocycles. The standard InChI is InChI=1S/C22H20ClFN4O2/c1-14(21(29)28-20-11-10-15(23)12-19(20)24)25-17-8-5-9-18(13-17)27-22(30)26-16-6-3-2-4-7-16/h2-14,25H,1H3,(H,28,29)(H2,26,27,30)/t14-/m0/s1. The minimum absolute atomic E-state index is 0.0473. The summed E-state index contributed by atoms with van der Waals surface area (Å²) in [7, 11) is 0. The lowest BCUT2D eigenvalue weighted by atomic mass is 10.2. The Balaban J connectivity index is 1.58. The Morgan fingerprint density at radius 3 is 2.23 bits per heavy atom. The van der Waals surface area contributed by atoms with E-state index in [2.05, 4.69) is 21.3 Å². The highest BCUT2D eigenvalue weighted by Gasteiger charge is 2.15. The topological polar surface area (TPSA) is 82.3 Å². The maximum absolute atomic E-state index is 13.9. The molecule has 1 atom stereocenters. The molecule has 0 saturated heterocycles. The van der Waals surface area contributed by atoms with E-state index in [1.165, 1.54) is 12.1 Å². The lowest BCUT2D eigenvalue weighted by Crippen LogP contribution is -2.32. The normalized spacial score (nSPS) is 11.3. The van der Waals surface area contributed by atoms with Gasteiger partial charge in [0.2, 0.25) is 5.91 Å². The highest BCUT2D eigenvalue weighted by atomic mass is 35.5. The Hall–Kier alpha value is -3.58. The molecular formula is C22H20ClFN4O2. The maximum Gasteiger partial charge on any atom is 0.323 e. The van der Waals surface area contributed by atoms with Gasteiger partial charge in [0.1, 0.15) is 11.9 Å². The van der Waals surface area contributed by atoms with Crippen molar-refractivity contribution in [1.82, 2.24) is 0 Å². The molecule has 3 rings (SSSR count). The van der Waals surface area contributed by atoms with E-state index >= 15 is 0 Å². The molecule has 0 unspecified atom stereocenters. The average Bonchev–Trinajstić information content (AvgIpc) is 2.71. The van der Waals surface area contributed by atoms with Crippen molar-refractivity contribution < 1.29 is 14.0 Å². The Morgan fingerprint density at radius 1 is 0.833 bits per heavy atom. The summed E-state index contributed by atoms with van der Waals surface area (Å²) in [5.41, 5.74) is 1.88. The van der Waals surface area contributed by atoms with Gasteiger partial charge in [0.15, 0.2) is 0 Å². The lowest BCUT2D eigenvalue weighted by molar-refractivity contribution is -0.116. The molecule has 0 spiro atoms. The third kappa shape index (κ3) is 5.96. The zero-order valence-electron chi connectivity index (χ0n) is 16.1. The lowest BCUT2D eigenvalue weighted by Gasteiger charge is -2.16. The molecule has 3 aromatic rings. The van der Waals surface area contributed by atoms with Gasteiger partial charge in [0.05, 0.1) is 5.69 Å². The fourth-order valence-electron chi connectivity index (χ4n) is 2.65. The molecular weight excluding hydrogens is 407 g/mol. The van der Waals surface area contributed by atoms with Crippen molar-refractivity contribution >= 4 is 46.3 Å². The van der Waals surface area contributed by atoms with Gasteiger partial charge in [0.25, 0.3) is 0 Å². The van der Waals surface area contributed by atoms with E-state index in [4.69, 9.17) is 11.6 Å². The van der Waals surface area contributed by atoms with Gasteiger partial charge >= 0.3 is 6.03 Å². The Bertz CT molecular complexity index is 1050. The van der Waals surface area contributed by atoms with E-state index in [1.807, 2.05) is 18.2 Å². The SMILES string of the molecule is C[C@H](Nc1cccc(NC(=O)Nc2ccccc2)c1)C(=O)Nc1ccc(Cl)cc1F. The molecule has 3 aromatic carbocycles. The second kappa shape index (κ2) is 9.76. The number of anilines is 4. The molecule has 0 aliphatic heterocycles. The summed E-state index contributed by atoms with van der Waals surface area (Å²) in [6, 6.07) is 19.0. The molecule has 30 heavy (non-hydrogen) atoms. The van der Waals surface area contributed by atoms with E-state index in [0.29, 0.717) is 17.1 Å². The van der Waals surface area contributed by atoms with Crippen LogP contribution in [0.1, 0.15) is 6.92 Å². The van der Waals surface area contributed by atoms with Gasteiger partial charge in [0, 0.05) is 22.1 Å². The molecule has 3 amide bonds. The number of amides is 3. The molecule has 6 nitrogen and oxygen atoms in total. The number of benzene rings is 3. The average molecular weight is 427 g/mol. The molecule has 8 heteroatoms. The largest absolute Gasteiger partial charge is 0.374 e. The van der Waals surface area contributed by atoms with Crippen molar-refractivity contribution in [2.24, 2.45) is 0 Å². The molecule has 4 N–H and O–H groups in total. The van der Waals surface area contributed by atoms with E-state index in [9.17, 15) is 14.0 Å². The number of carbonyl (C=O) groups excluding carboxylic acids is 2. The Labute approximate surface area is 178 Å². The molecule has 0 fully saturated rings. The predicted molar refractivity (Wildman–Crippen MR) is 119 cm³/mol. The van der Waals surface area contributed by atoms with Crippen LogP contribution in [0.15, 0.2) is 72.8 Å². The van der Waals surface area contributed by atoms with Crippen LogP contribution in [0.2, 0.25) is 5.02 Å². The quantitative estimate of drug-likeness (QED) is 0.416. The molecule has 0 heterocycles. The monoisotopic (exact) mass is 426 g/mol. The van der Waals surface area contributed by atoms with Crippen molar-refractivity contribution in [3.63, 3.8) is 0 Å². The number of para-hydroxylation sites is 1. The minimum atomic E-state index is -0.659. The summed E-state index contributed by atoms with van der Waals surface area (Å²) in [5, 5.41) is 11.2. The van der Waals surface area contributed by atoms with Crippen LogP contribution in [-0.4, -0.2) is 18.0 Å². The highest BCUT2D eigenvalue weighted by molar-refractivity contribution is 6.30. The number of carbonyl (C=O) groups is 2. The number of urea groups is 1. The van der Waals surface area contributed by atoms with Crippen LogP contribution in [0, 0.1) is 5.82 Å². The summed E-state index contributed by atoms with van der Waals surface area (Å²) in [6.07, 6.45) is 0. The highest BCUT2D eigenvalue weighted by Crippen LogP contribution is 2.20. The van der Waals surface area contributed by atoms with Crippen molar-refractivity contribution in [3.8, 4) is 0 Å². The summed E-state index contributed by atoms with van der Waals surface area (Å²) in [6.45, 7) is 1.64. The first-order valence-corrected chi connectivity index (χ1v) is 9.54. The molecule has 154 valence electrons. The van der Waals surface area contributed by atoms with Crippen molar-refractivity contribution in [2.75, 3.05) is 21.3 Å². The van der Waals surface area contributed by atoms with Gasteiger partial charge in [-0.2, -0.15) is 0 Å². The zero-order chi connectivity index (χ0) is 21.5. The van der Waals surface area contributed by atoms with E-state index in [-0.39, 0.29) is 16.7 Å². The van der Waals surface area contributed by atoms with Crippen molar-refractivity contribution in [1.29, 1.82) is 0 Å². The van der Waals surface area contributed by atoms with E-state index in [0.717, 1.165) is 6.07 Å². The van der Waals surface area contributed by atoms with Gasteiger partial charge in [-0.25, -0.2) is 9.18 Å². The molecule has 0 aromatic heterocycles. The predicted octanol–water partition coefficient (Wildman–Crippen LogP) is 5.56. The molecule has 0 aliphatic carbocycles. The van der Waals surface area contributed by atoms with Crippen LogP contribution < -0.4 is 21.3 Å². The van der Waals surface area contributed by atoms with Crippen LogP contribution >= 0.6 is 11.6 Å². The number of nitrogens with one attached hydrogen (secondary N) is 4. The maximum atomic E-state index is 13.9. The van der Waals surface area contributed by atoms with E-state index < -0.39 is 17.8 Å². The zero-order valence-corrected chi connectivity index (χ0v) is 16.8. The van der Waals surface area contributed by atoms with Crippen molar-refractivity contribution in [2.45, 2.75) is 13.0 Å². The first-order valence-electron chi connectivity index (χ1n) is 9.16. The van der Waals surface area contributed by atoms with Crippen LogP contribution in [0.5, 0.6) is 0 Å². The summed E-state index contributed by atoms with van der Waals surface area (Å²) in [5.74, 6) is -1.03. The fourth-order valence-corrected chi connectivity index (χ4v) is 2.81. The third-order valence-corrected chi connectivity index (χ3v) is 4.35. The van der Waals surface area contributed by atoms with Gasteiger partial charge in [-0.15, -0.1) is 0 Å². The number of rotatable bonds is 6. The van der Waals surface area contributed by atoms with Gasteiger partial charge in [-0.05, 0) is 55.5 Å². The Kier molecular flexibility index (Phi) is 6.87. The van der Waals surface area contributed by atoms with Gasteiger partial charge in [-0.1, -0.05) is 35.9 Å². The van der Waals surface area contributed by atoms with Gasteiger partial charge < -0.3 is 21.3 Å². The first kappa shape index (κ1) is 21.1. The van der Waals surface area contributed by atoms with Crippen molar-refractivity contribution in [3.05, 3.63) is 83.6 Å². The Morgan fingerprint density at radius 2 is 1.50 bits per heavy atom.